The molecule has 1 heterocycles. The van der Waals surface area contributed by atoms with Gasteiger partial charge in [0.1, 0.15) is 5.41 Å². The van der Waals surface area contributed by atoms with Gasteiger partial charge < -0.3 is 0 Å². The second-order valence-corrected chi connectivity index (χ2v) is 4.87. The van der Waals surface area contributed by atoms with Gasteiger partial charge in [0.05, 0.1) is 6.54 Å². The summed E-state index contributed by atoms with van der Waals surface area (Å²) < 4.78 is 0.524. The molecule has 80 valence electrons. The van der Waals surface area contributed by atoms with Gasteiger partial charge in [0.25, 0.3) is 0 Å². The van der Waals surface area contributed by atoms with Crippen LogP contribution in [-0.2, 0) is 9.59 Å². The van der Waals surface area contributed by atoms with Crippen molar-refractivity contribution in [3.63, 3.8) is 0 Å². The van der Waals surface area contributed by atoms with Gasteiger partial charge in [0, 0.05) is 4.48 Å². The molecule has 1 spiro atoms. The number of imide groups is 2. The molecule has 1 N–H and O–H groups in total. The van der Waals surface area contributed by atoms with E-state index in [1.54, 1.807) is 0 Å². The van der Waals surface area contributed by atoms with Crippen molar-refractivity contribution in [2.75, 3.05) is 6.54 Å². The summed E-state index contributed by atoms with van der Waals surface area (Å²) >= 11 is 3.08. The fourth-order valence-corrected chi connectivity index (χ4v) is 1.86. The molecule has 5 nitrogen and oxygen atoms in total. The summed E-state index contributed by atoms with van der Waals surface area (Å²) in [6.07, 6.45) is 1.05. The third kappa shape index (κ3) is 1.49. The van der Waals surface area contributed by atoms with Crippen LogP contribution in [0.4, 0.5) is 4.79 Å². The zero-order valence-electron chi connectivity index (χ0n) is 7.88. The Morgan fingerprint density at radius 3 is 2.53 bits per heavy atom. The number of carbonyl (C=O) groups excluding carboxylic acids is 3. The van der Waals surface area contributed by atoms with Crippen LogP contribution in [0.15, 0.2) is 11.1 Å². The fraction of sp³-hybridized carbons (Fsp3) is 0.444. The maximum Gasteiger partial charge on any atom is 0.331 e. The van der Waals surface area contributed by atoms with Gasteiger partial charge in [0.15, 0.2) is 0 Å². The Morgan fingerprint density at radius 2 is 2.07 bits per heavy atom. The summed E-state index contributed by atoms with van der Waals surface area (Å²) in [5.41, 5.74) is -0.962. The van der Waals surface area contributed by atoms with Crippen LogP contribution < -0.4 is 5.32 Å². The number of hydrogen-bond donors (Lipinski definition) is 1. The predicted octanol–water partition coefficient (Wildman–Crippen LogP) is 0.754. The van der Waals surface area contributed by atoms with Crippen LogP contribution in [0.5, 0.6) is 0 Å². The van der Waals surface area contributed by atoms with E-state index in [1.165, 1.54) is 0 Å². The van der Waals surface area contributed by atoms with Crippen molar-refractivity contribution in [2.45, 2.75) is 12.8 Å². The summed E-state index contributed by atoms with van der Waals surface area (Å²) in [6, 6.07) is -0.664. The van der Waals surface area contributed by atoms with Gasteiger partial charge >= 0.3 is 6.03 Å². The smallest absolute Gasteiger partial charge is 0.277 e. The largest absolute Gasteiger partial charge is 0.331 e. The van der Waals surface area contributed by atoms with Crippen molar-refractivity contribution in [1.29, 1.82) is 0 Å². The number of halogens is 1. The highest BCUT2D eigenvalue weighted by molar-refractivity contribution is 9.11. The molecular formula is C9H9BrN2O3. The zero-order chi connectivity index (χ0) is 11.2. The standard InChI is InChI=1S/C9H9BrN2O3/c1-5(10)4-12-7(14)9(2-3-9)6(13)11-8(12)15/h1-4H2,(H,11,13,15). The maximum atomic E-state index is 11.8. The third-order valence-corrected chi connectivity index (χ3v) is 2.89. The van der Waals surface area contributed by atoms with Crippen LogP contribution in [0.1, 0.15) is 12.8 Å². The van der Waals surface area contributed by atoms with Gasteiger partial charge in [-0.15, -0.1) is 0 Å². The number of urea groups is 1. The topological polar surface area (TPSA) is 66.5 Å². The second kappa shape index (κ2) is 3.16. The normalized spacial score (nSPS) is 23.0. The van der Waals surface area contributed by atoms with Crippen molar-refractivity contribution in [2.24, 2.45) is 5.41 Å². The molecule has 15 heavy (non-hydrogen) atoms. The van der Waals surface area contributed by atoms with E-state index in [2.05, 4.69) is 27.8 Å². The molecule has 1 saturated carbocycles. The Balaban J connectivity index is 2.24. The average molecular weight is 273 g/mol. The first-order valence-electron chi connectivity index (χ1n) is 4.48. The lowest BCUT2D eigenvalue weighted by molar-refractivity contribution is -0.144. The highest BCUT2D eigenvalue weighted by atomic mass is 79.9. The van der Waals surface area contributed by atoms with E-state index in [1.807, 2.05) is 0 Å². The average Bonchev–Trinajstić information content (AvgIpc) is 2.91. The van der Waals surface area contributed by atoms with Crippen molar-refractivity contribution in [3.05, 3.63) is 11.1 Å². The van der Waals surface area contributed by atoms with Crippen LogP contribution >= 0.6 is 15.9 Å². The van der Waals surface area contributed by atoms with Gasteiger partial charge in [-0.05, 0) is 12.8 Å². The van der Waals surface area contributed by atoms with Crippen LogP contribution in [0, 0.1) is 5.41 Å². The SMILES string of the molecule is C=C(Br)CN1C(=O)NC(=O)C2(CC2)C1=O. The molecule has 2 aliphatic rings. The Labute approximate surface area is 94.6 Å². The molecule has 0 aromatic carbocycles. The molecule has 0 aromatic rings. The van der Waals surface area contributed by atoms with Gasteiger partial charge in [-0.2, -0.15) is 0 Å². The molecule has 6 heteroatoms. The molecule has 0 unspecified atom stereocenters. The Bertz CT molecular complexity index is 387. The quantitative estimate of drug-likeness (QED) is 0.755. The Morgan fingerprint density at radius 1 is 1.47 bits per heavy atom. The summed E-state index contributed by atoms with van der Waals surface area (Å²) in [5.74, 6) is -0.870. The molecule has 0 atom stereocenters. The van der Waals surface area contributed by atoms with Crippen molar-refractivity contribution in [3.8, 4) is 0 Å². The van der Waals surface area contributed by atoms with E-state index < -0.39 is 23.3 Å². The highest BCUT2D eigenvalue weighted by Crippen LogP contribution is 2.49. The third-order valence-electron chi connectivity index (χ3n) is 2.63. The molecule has 1 saturated heterocycles. The molecule has 2 rings (SSSR count). The Hall–Kier alpha value is -1.17. The molecule has 4 amide bonds. The first-order valence-corrected chi connectivity index (χ1v) is 5.27. The minimum absolute atomic E-state index is 0.0969. The highest BCUT2D eigenvalue weighted by Gasteiger charge is 2.62. The lowest BCUT2D eigenvalue weighted by Crippen LogP contribution is -2.59. The molecular weight excluding hydrogens is 264 g/mol. The number of hydrogen-bond acceptors (Lipinski definition) is 3. The first kappa shape index (κ1) is 10.4. The monoisotopic (exact) mass is 272 g/mol. The van der Waals surface area contributed by atoms with Crippen LogP contribution in [0.25, 0.3) is 0 Å². The lowest BCUT2D eigenvalue weighted by Gasteiger charge is -2.29. The van der Waals surface area contributed by atoms with Gasteiger partial charge in [-0.25, -0.2) is 4.79 Å². The van der Waals surface area contributed by atoms with Gasteiger partial charge in [-0.1, -0.05) is 22.5 Å². The van der Waals surface area contributed by atoms with E-state index in [0.717, 1.165) is 4.90 Å². The van der Waals surface area contributed by atoms with E-state index in [4.69, 9.17) is 0 Å². The maximum absolute atomic E-state index is 11.8. The van der Waals surface area contributed by atoms with Crippen LogP contribution in [-0.4, -0.2) is 29.3 Å². The lowest BCUT2D eigenvalue weighted by atomic mass is 10.0. The molecule has 1 aliphatic heterocycles. The second-order valence-electron chi connectivity index (χ2n) is 3.75. The number of amides is 4. The molecule has 1 aliphatic carbocycles. The van der Waals surface area contributed by atoms with Crippen molar-refractivity contribution in [1.82, 2.24) is 10.2 Å². The summed E-state index contributed by atoms with van der Waals surface area (Å²) in [7, 11) is 0. The minimum Gasteiger partial charge on any atom is -0.277 e. The Kier molecular flexibility index (Phi) is 2.18. The summed E-state index contributed by atoms with van der Waals surface area (Å²) in [5, 5.41) is 2.18. The summed E-state index contributed by atoms with van der Waals surface area (Å²) in [6.45, 7) is 3.66. The molecule has 0 bridgehead atoms. The summed E-state index contributed by atoms with van der Waals surface area (Å²) in [4.78, 5) is 35.7. The number of carbonyl (C=O) groups is 3. The van der Waals surface area contributed by atoms with Crippen molar-refractivity contribution < 1.29 is 14.4 Å². The molecule has 0 aromatic heterocycles. The first-order chi connectivity index (χ1) is 6.97. The van der Waals surface area contributed by atoms with Crippen LogP contribution in [0.3, 0.4) is 0 Å². The van der Waals surface area contributed by atoms with Gasteiger partial charge in [0.2, 0.25) is 11.8 Å². The van der Waals surface area contributed by atoms with E-state index in [9.17, 15) is 14.4 Å². The van der Waals surface area contributed by atoms with Crippen molar-refractivity contribution >= 4 is 33.8 Å². The van der Waals surface area contributed by atoms with E-state index in [-0.39, 0.29) is 6.54 Å². The van der Waals surface area contributed by atoms with Crippen LogP contribution in [0.2, 0.25) is 0 Å². The van der Waals surface area contributed by atoms with E-state index >= 15 is 0 Å². The van der Waals surface area contributed by atoms with E-state index in [0.29, 0.717) is 17.3 Å². The zero-order valence-corrected chi connectivity index (χ0v) is 9.46. The molecule has 2 fully saturated rings. The number of rotatable bonds is 2. The predicted molar refractivity (Wildman–Crippen MR) is 55.0 cm³/mol. The fourth-order valence-electron chi connectivity index (χ4n) is 1.61. The molecule has 0 radical (unpaired) electrons. The minimum atomic E-state index is -0.962. The number of nitrogens with one attached hydrogen (secondary N) is 1. The number of nitrogens with zero attached hydrogens (tertiary/aromatic N) is 1. The number of barbiturate groups is 1. The van der Waals surface area contributed by atoms with Gasteiger partial charge in [-0.3, -0.25) is 19.8 Å².